The molecule has 0 atom stereocenters. The monoisotopic (exact) mass is 273 g/mol. The number of hydrogen-bond donors (Lipinski definition) is 1. The van der Waals surface area contributed by atoms with Gasteiger partial charge >= 0.3 is 0 Å². The second kappa shape index (κ2) is 4.68. The highest BCUT2D eigenvalue weighted by Crippen LogP contribution is 2.24. The number of Topliss-reactive ketones (excluding diaryl/α,β-unsaturated/α-hetero) is 1. The number of anilines is 1. The number of sulfonamides is 1. The molecule has 0 heterocycles. The van der Waals surface area contributed by atoms with Gasteiger partial charge in [0.1, 0.15) is 5.82 Å². The number of carbonyl (C=O) groups is 1. The molecule has 0 aliphatic heterocycles. The van der Waals surface area contributed by atoms with Crippen LogP contribution in [0.3, 0.4) is 0 Å². The van der Waals surface area contributed by atoms with Crippen LogP contribution in [0, 0.1) is 11.2 Å². The van der Waals surface area contributed by atoms with Crippen LogP contribution >= 0.6 is 0 Å². The minimum Gasteiger partial charge on any atom is -0.294 e. The number of halogens is 1. The molecule has 0 saturated carbocycles. The molecule has 18 heavy (non-hydrogen) atoms. The fraction of sp³-hybridized carbons (Fsp3) is 0.417. The Balaban J connectivity index is 3.11. The Morgan fingerprint density at radius 1 is 1.28 bits per heavy atom. The van der Waals surface area contributed by atoms with Crippen LogP contribution in [-0.2, 0) is 10.0 Å². The minimum absolute atomic E-state index is 0.164. The standard InChI is InChI=1S/C12H16FNO3S/c1-12(2,3)11(15)8-5-6-10(9(13)7-8)14-18(4,16)17/h5-7,14H,1-4H3. The summed E-state index contributed by atoms with van der Waals surface area (Å²) >= 11 is 0. The maximum Gasteiger partial charge on any atom is 0.229 e. The zero-order valence-electron chi connectivity index (χ0n) is 10.7. The molecule has 0 unspecified atom stereocenters. The lowest BCUT2D eigenvalue weighted by atomic mass is 9.86. The maximum atomic E-state index is 13.6. The lowest BCUT2D eigenvalue weighted by Gasteiger charge is -2.17. The van der Waals surface area contributed by atoms with Gasteiger partial charge in [0.15, 0.2) is 5.78 Å². The van der Waals surface area contributed by atoms with Crippen molar-refractivity contribution < 1.29 is 17.6 Å². The van der Waals surface area contributed by atoms with Crippen molar-refractivity contribution in [3.8, 4) is 0 Å². The third-order valence-electron chi connectivity index (χ3n) is 2.21. The van der Waals surface area contributed by atoms with Crippen LogP contribution < -0.4 is 4.72 Å². The van der Waals surface area contributed by atoms with Crippen LogP contribution in [0.5, 0.6) is 0 Å². The molecule has 1 aromatic carbocycles. The van der Waals surface area contributed by atoms with Crippen molar-refractivity contribution in [1.82, 2.24) is 0 Å². The molecule has 0 bridgehead atoms. The van der Waals surface area contributed by atoms with Crippen LogP contribution in [0.1, 0.15) is 31.1 Å². The summed E-state index contributed by atoms with van der Waals surface area (Å²) in [5.41, 5.74) is -0.555. The summed E-state index contributed by atoms with van der Waals surface area (Å²) in [4.78, 5) is 11.9. The van der Waals surface area contributed by atoms with Gasteiger partial charge in [-0.15, -0.1) is 0 Å². The maximum absolute atomic E-state index is 13.6. The van der Waals surface area contributed by atoms with Crippen molar-refractivity contribution >= 4 is 21.5 Å². The van der Waals surface area contributed by atoms with E-state index in [1.807, 2.05) is 4.72 Å². The van der Waals surface area contributed by atoms with Gasteiger partial charge in [-0.1, -0.05) is 20.8 Å². The predicted octanol–water partition coefficient (Wildman–Crippen LogP) is 2.43. The van der Waals surface area contributed by atoms with Gasteiger partial charge in [-0.05, 0) is 18.2 Å². The highest BCUT2D eigenvalue weighted by Gasteiger charge is 2.23. The molecule has 0 radical (unpaired) electrons. The van der Waals surface area contributed by atoms with Gasteiger partial charge in [-0.25, -0.2) is 12.8 Å². The first-order valence-corrected chi connectivity index (χ1v) is 7.22. The number of nitrogens with one attached hydrogen (secondary N) is 1. The van der Waals surface area contributed by atoms with Gasteiger partial charge in [0.05, 0.1) is 11.9 Å². The largest absolute Gasteiger partial charge is 0.294 e. The number of benzene rings is 1. The summed E-state index contributed by atoms with van der Waals surface area (Å²) in [7, 11) is -3.54. The summed E-state index contributed by atoms with van der Waals surface area (Å²) in [6.07, 6.45) is 0.931. The zero-order chi connectivity index (χ0) is 14.1. The van der Waals surface area contributed by atoms with Gasteiger partial charge in [-0.2, -0.15) is 0 Å². The molecule has 0 aromatic heterocycles. The van der Waals surface area contributed by atoms with Gasteiger partial charge in [0.25, 0.3) is 0 Å². The molecule has 0 amide bonds. The van der Waals surface area contributed by atoms with Gasteiger partial charge in [-0.3, -0.25) is 9.52 Å². The van der Waals surface area contributed by atoms with Crippen LogP contribution in [0.25, 0.3) is 0 Å². The fourth-order valence-corrected chi connectivity index (χ4v) is 1.94. The molecule has 1 aromatic rings. The van der Waals surface area contributed by atoms with Crippen molar-refractivity contribution in [2.24, 2.45) is 5.41 Å². The van der Waals surface area contributed by atoms with Gasteiger partial charge < -0.3 is 0 Å². The molecule has 1 N–H and O–H groups in total. The normalized spacial score (nSPS) is 12.3. The van der Waals surface area contributed by atoms with Gasteiger partial charge in [0.2, 0.25) is 10.0 Å². The van der Waals surface area contributed by atoms with E-state index < -0.39 is 21.3 Å². The van der Waals surface area contributed by atoms with E-state index in [4.69, 9.17) is 0 Å². The van der Waals surface area contributed by atoms with E-state index in [1.165, 1.54) is 12.1 Å². The van der Waals surface area contributed by atoms with E-state index in [1.54, 1.807) is 20.8 Å². The van der Waals surface area contributed by atoms with Crippen LogP contribution in [0.2, 0.25) is 0 Å². The Morgan fingerprint density at radius 3 is 2.22 bits per heavy atom. The third kappa shape index (κ3) is 3.80. The van der Waals surface area contributed by atoms with Crippen molar-refractivity contribution in [2.75, 3.05) is 11.0 Å². The van der Waals surface area contributed by atoms with Crippen LogP contribution in [0.15, 0.2) is 18.2 Å². The average molecular weight is 273 g/mol. The number of rotatable bonds is 3. The summed E-state index contributed by atoms with van der Waals surface area (Å²) in [6, 6.07) is 3.70. The summed E-state index contributed by atoms with van der Waals surface area (Å²) in [5, 5.41) is 0. The quantitative estimate of drug-likeness (QED) is 0.860. The molecule has 0 aliphatic rings. The SMILES string of the molecule is CC(C)(C)C(=O)c1ccc(NS(C)(=O)=O)c(F)c1. The average Bonchev–Trinajstić information content (AvgIpc) is 2.16. The molecule has 1 rings (SSSR count). The lowest BCUT2D eigenvalue weighted by molar-refractivity contribution is 0.0858. The molecular weight excluding hydrogens is 257 g/mol. The molecule has 0 aliphatic carbocycles. The first-order valence-electron chi connectivity index (χ1n) is 5.33. The molecular formula is C12H16FNO3S. The predicted molar refractivity (Wildman–Crippen MR) is 68.7 cm³/mol. The molecule has 100 valence electrons. The van der Waals surface area contributed by atoms with Crippen molar-refractivity contribution in [2.45, 2.75) is 20.8 Å². The second-order valence-electron chi connectivity index (χ2n) is 5.15. The molecule has 6 heteroatoms. The summed E-state index contributed by atoms with van der Waals surface area (Å²) in [6.45, 7) is 5.20. The highest BCUT2D eigenvalue weighted by molar-refractivity contribution is 7.92. The Hall–Kier alpha value is -1.43. The van der Waals surface area contributed by atoms with E-state index in [0.717, 1.165) is 12.3 Å². The molecule has 0 spiro atoms. The zero-order valence-corrected chi connectivity index (χ0v) is 11.6. The van der Waals surface area contributed by atoms with Crippen molar-refractivity contribution in [3.05, 3.63) is 29.6 Å². The highest BCUT2D eigenvalue weighted by atomic mass is 32.2. The Kier molecular flexibility index (Phi) is 3.81. The molecule has 0 fully saturated rings. The Bertz CT molecular complexity index is 573. The van der Waals surface area contributed by atoms with Crippen molar-refractivity contribution in [3.63, 3.8) is 0 Å². The second-order valence-corrected chi connectivity index (χ2v) is 6.90. The molecule has 0 saturated heterocycles. The van der Waals surface area contributed by atoms with E-state index in [0.29, 0.717) is 0 Å². The van der Waals surface area contributed by atoms with Gasteiger partial charge in [0, 0.05) is 11.0 Å². The first-order chi connectivity index (χ1) is 8.00. The minimum atomic E-state index is -3.54. The van der Waals surface area contributed by atoms with E-state index in [9.17, 15) is 17.6 Å². The van der Waals surface area contributed by atoms with E-state index in [2.05, 4.69) is 0 Å². The Morgan fingerprint density at radius 2 is 1.83 bits per heavy atom. The molecule has 4 nitrogen and oxygen atoms in total. The first kappa shape index (κ1) is 14.6. The van der Waals surface area contributed by atoms with Crippen LogP contribution in [0.4, 0.5) is 10.1 Å². The summed E-state index contributed by atoms with van der Waals surface area (Å²) in [5.74, 6) is -0.970. The summed E-state index contributed by atoms with van der Waals surface area (Å²) < 4.78 is 37.7. The number of carbonyl (C=O) groups excluding carboxylic acids is 1. The third-order valence-corrected chi connectivity index (χ3v) is 2.80. The van der Waals surface area contributed by atoms with Crippen molar-refractivity contribution in [1.29, 1.82) is 0 Å². The smallest absolute Gasteiger partial charge is 0.229 e. The number of ketones is 1. The van der Waals surface area contributed by atoms with E-state index >= 15 is 0 Å². The Labute approximate surface area is 106 Å². The van der Waals surface area contributed by atoms with E-state index in [-0.39, 0.29) is 17.0 Å². The number of hydrogen-bond acceptors (Lipinski definition) is 3. The van der Waals surface area contributed by atoms with Crippen LogP contribution in [-0.4, -0.2) is 20.5 Å². The lowest BCUT2D eigenvalue weighted by Crippen LogP contribution is -2.20. The fourth-order valence-electron chi connectivity index (χ4n) is 1.37. The topological polar surface area (TPSA) is 63.2 Å².